The summed E-state index contributed by atoms with van der Waals surface area (Å²) in [6.45, 7) is 9.26. The van der Waals surface area contributed by atoms with Gasteiger partial charge in [0.2, 0.25) is 0 Å². The molecule has 1 N–H and O–H groups in total. The largest absolute Gasteiger partial charge is 0.382 e. The highest BCUT2D eigenvalue weighted by atomic mass is 14.9. The Balaban J connectivity index is 2.03. The Hall–Kier alpha value is -0.980. The van der Waals surface area contributed by atoms with Gasteiger partial charge in [-0.1, -0.05) is 46.2 Å². The Morgan fingerprint density at radius 3 is 2.06 bits per heavy atom. The van der Waals surface area contributed by atoms with E-state index in [1.165, 1.54) is 30.5 Å². The van der Waals surface area contributed by atoms with E-state index in [1.54, 1.807) is 0 Å². The zero-order valence-electron chi connectivity index (χ0n) is 12.2. The lowest BCUT2D eigenvalue weighted by Gasteiger charge is -2.36. The van der Waals surface area contributed by atoms with E-state index in [1.807, 2.05) is 0 Å². The SMILES string of the molecule is CC(C)c1ccc(NC2C(C)CCCC2C)cc1. The molecule has 0 amide bonds. The number of benzene rings is 1. The Kier molecular flexibility index (Phi) is 4.31. The number of hydrogen-bond donors (Lipinski definition) is 1. The van der Waals surface area contributed by atoms with Crippen molar-refractivity contribution >= 4 is 5.69 Å². The van der Waals surface area contributed by atoms with Crippen molar-refractivity contribution in [2.24, 2.45) is 11.8 Å². The Morgan fingerprint density at radius 1 is 1.00 bits per heavy atom. The molecular weight excluding hydrogens is 218 g/mol. The number of nitrogens with one attached hydrogen (secondary N) is 1. The lowest BCUT2D eigenvalue weighted by atomic mass is 9.78. The van der Waals surface area contributed by atoms with Gasteiger partial charge >= 0.3 is 0 Å². The van der Waals surface area contributed by atoms with E-state index in [9.17, 15) is 0 Å². The Bertz CT molecular complexity index is 356. The highest BCUT2D eigenvalue weighted by Gasteiger charge is 2.27. The maximum Gasteiger partial charge on any atom is 0.0342 e. The molecule has 0 aromatic heterocycles. The van der Waals surface area contributed by atoms with E-state index in [0.717, 1.165) is 11.8 Å². The van der Waals surface area contributed by atoms with Crippen LogP contribution in [0.15, 0.2) is 24.3 Å². The van der Waals surface area contributed by atoms with Crippen molar-refractivity contribution in [3.8, 4) is 0 Å². The van der Waals surface area contributed by atoms with Crippen LogP contribution in [0, 0.1) is 11.8 Å². The average Bonchev–Trinajstić information content (AvgIpc) is 2.34. The minimum Gasteiger partial charge on any atom is -0.382 e. The number of rotatable bonds is 3. The molecule has 1 heteroatoms. The van der Waals surface area contributed by atoms with Gasteiger partial charge in [0.25, 0.3) is 0 Å². The summed E-state index contributed by atoms with van der Waals surface area (Å²) in [4.78, 5) is 0. The van der Waals surface area contributed by atoms with Gasteiger partial charge in [-0.15, -0.1) is 0 Å². The molecular formula is C17H27N. The third kappa shape index (κ3) is 3.07. The first-order chi connectivity index (χ1) is 8.58. The van der Waals surface area contributed by atoms with Crippen LogP contribution in [0.25, 0.3) is 0 Å². The molecule has 1 aliphatic carbocycles. The molecule has 0 heterocycles. The van der Waals surface area contributed by atoms with Crippen molar-refractivity contribution in [1.82, 2.24) is 0 Å². The van der Waals surface area contributed by atoms with Crippen molar-refractivity contribution in [3.63, 3.8) is 0 Å². The predicted octanol–water partition coefficient (Wildman–Crippen LogP) is 5.05. The summed E-state index contributed by atoms with van der Waals surface area (Å²) in [5, 5.41) is 3.75. The van der Waals surface area contributed by atoms with Crippen LogP contribution in [0.1, 0.15) is 58.4 Å². The molecule has 1 nitrogen and oxygen atoms in total. The second-order valence-electron chi connectivity index (χ2n) is 6.33. The fourth-order valence-corrected chi connectivity index (χ4v) is 3.12. The van der Waals surface area contributed by atoms with Crippen LogP contribution in [0.3, 0.4) is 0 Å². The third-order valence-electron chi connectivity index (χ3n) is 4.46. The van der Waals surface area contributed by atoms with Crippen molar-refractivity contribution in [2.75, 3.05) is 5.32 Å². The van der Waals surface area contributed by atoms with Gasteiger partial charge in [0.15, 0.2) is 0 Å². The molecule has 1 aromatic carbocycles. The topological polar surface area (TPSA) is 12.0 Å². The molecule has 2 atom stereocenters. The molecule has 2 rings (SSSR count). The smallest absolute Gasteiger partial charge is 0.0342 e. The summed E-state index contributed by atoms with van der Waals surface area (Å²) < 4.78 is 0. The minimum atomic E-state index is 0.617. The first-order valence-corrected chi connectivity index (χ1v) is 7.44. The van der Waals surface area contributed by atoms with Crippen LogP contribution in [0.4, 0.5) is 5.69 Å². The van der Waals surface area contributed by atoms with Gasteiger partial charge in [-0.3, -0.25) is 0 Å². The quantitative estimate of drug-likeness (QED) is 0.786. The standard InChI is InChI=1S/C17H27N/c1-12(2)15-8-10-16(11-9-15)18-17-13(3)6-5-7-14(17)4/h8-14,17-18H,5-7H2,1-4H3. The summed E-state index contributed by atoms with van der Waals surface area (Å²) >= 11 is 0. The van der Waals surface area contributed by atoms with Crippen LogP contribution in [0.5, 0.6) is 0 Å². The molecule has 1 aliphatic rings. The van der Waals surface area contributed by atoms with Crippen LogP contribution < -0.4 is 5.32 Å². The van der Waals surface area contributed by atoms with Crippen LogP contribution >= 0.6 is 0 Å². The van der Waals surface area contributed by atoms with Crippen LogP contribution in [-0.4, -0.2) is 6.04 Å². The minimum absolute atomic E-state index is 0.617. The van der Waals surface area contributed by atoms with Gasteiger partial charge in [0, 0.05) is 11.7 Å². The summed E-state index contributed by atoms with van der Waals surface area (Å²) in [7, 11) is 0. The zero-order chi connectivity index (χ0) is 13.1. The number of hydrogen-bond acceptors (Lipinski definition) is 1. The Morgan fingerprint density at radius 2 is 1.56 bits per heavy atom. The number of anilines is 1. The summed E-state index contributed by atoms with van der Waals surface area (Å²) in [6.07, 6.45) is 4.13. The fourth-order valence-electron chi connectivity index (χ4n) is 3.12. The highest BCUT2D eigenvalue weighted by Crippen LogP contribution is 2.31. The second-order valence-corrected chi connectivity index (χ2v) is 6.33. The van der Waals surface area contributed by atoms with E-state index in [-0.39, 0.29) is 0 Å². The fraction of sp³-hybridized carbons (Fsp3) is 0.647. The van der Waals surface area contributed by atoms with Crippen molar-refractivity contribution in [2.45, 2.75) is 58.9 Å². The van der Waals surface area contributed by atoms with Crippen LogP contribution in [0.2, 0.25) is 0 Å². The normalized spacial score (nSPS) is 28.4. The molecule has 100 valence electrons. The van der Waals surface area contributed by atoms with Gasteiger partial charge in [0.05, 0.1) is 0 Å². The highest BCUT2D eigenvalue weighted by molar-refractivity contribution is 5.46. The van der Waals surface area contributed by atoms with E-state index in [0.29, 0.717) is 12.0 Å². The molecule has 0 aliphatic heterocycles. The second kappa shape index (κ2) is 5.77. The van der Waals surface area contributed by atoms with Crippen molar-refractivity contribution < 1.29 is 0 Å². The first kappa shape index (κ1) is 13.5. The molecule has 0 radical (unpaired) electrons. The lowest BCUT2D eigenvalue weighted by Crippen LogP contribution is -2.37. The van der Waals surface area contributed by atoms with Crippen LogP contribution in [-0.2, 0) is 0 Å². The molecule has 0 spiro atoms. The molecule has 1 fully saturated rings. The zero-order valence-corrected chi connectivity index (χ0v) is 12.2. The first-order valence-electron chi connectivity index (χ1n) is 7.44. The van der Waals surface area contributed by atoms with Gasteiger partial charge in [-0.05, 0) is 48.3 Å². The van der Waals surface area contributed by atoms with Gasteiger partial charge in [-0.25, -0.2) is 0 Å². The monoisotopic (exact) mass is 245 g/mol. The van der Waals surface area contributed by atoms with Gasteiger partial charge in [0.1, 0.15) is 0 Å². The molecule has 18 heavy (non-hydrogen) atoms. The molecule has 0 saturated heterocycles. The van der Waals surface area contributed by atoms with E-state index < -0.39 is 0 Å². The van der Waals surface area contributed by atoms with Crippen molar-refractivity contribution in [1.29, 1.82) is 0 Å². The van der Waals surface area contributed by atoms with E-state index >= 15 is 0 Å². The van der Waals surface area contributed by atoms with E-state index in [2.05, 4.69) is 57.3 Å². The van der Waals surface area contributed by atoms with Crippen molar-refractivity contribution in [3.05, 3.63) is 29.8 Å². The summed E-state index contributed by atoms with van der Waals surface area (Å²) in [5.41, 5.74) is 2.70. The predicted molar refractivity (Wildman–Crippen MR) is 80.1 cm³/mol. The Labute approximate surface area is 112 Å². The summed E-state index contributed by atoms with van der Waals surface area (Å²) in [6, 6.07) is 9.63. The molecule has 1 aromatic rings. The lowest BCUT2D eigenvalue weighted by molar-refractivity contribution is 0.268. The maximum absolute atomic E-state index is 3.75. The third-order valence-corrected chi connectivity index (χ3v) is 4.46. The van der Waals surface area contributed by atoms with Gasteiger partial charge < -0.3 is 5.32 Å². The summed E-state index contributed by atoms with van der Waals surface area (Å²) in [5.74, 6) is 2.20. The molecule has 1 saturated carbocycles. The maximum atomic E-state index is 3.75. The molecule has 0 bridgehead atoms. The van der Waals surface area contributed by atoms with Gasteiger partial charge in [-0.2, -0.15) is 0 Å². The molecule has 2 unspecified atom stereocenters. The average molecular weight is 245 g/mol. The van der Waals surface area contributed by atoms with E-state index in [4.69, 9.17) is 0 Å².